The summed E-state index contributed by atoms with van der Waals surface area (Å²) in [5.74, 6) is -0.644. The molecule has 0 saturated carbocycles. The van der Waals surface area contributed by atoms with E-state index in [2.05, 4.69) is 15.9 Å². The van der Waals surface area contributed by atoms with Crippen molar-refractivity contribution < 1.29 is 13.2 Å². The average Bonchev–Trinajstić information content (AvgIpc) is 2.26. The predicted octanol–water partition coefficient (Wildman–Crippen LogP) is 1.53. The highest BCUT2D eigenvalue weighted by Gasteiger charge is 2.33. The van der Waals surface area contributed by atoms with Crippen LogP contribution in [0.15, 0.2) is 21.5 Å². The summed E-state index contributed by atoms with van der Waals surface area (Å²) < 4.78 is 25.0. The summed E-state index contributed by atoms with van der Waals surface area (Å²) in [5.41, 5.74) is 0.0817. The number of fused-ring (bicyclic) bond motifs is 1. The number of carbonyl (C=O) groups excluding carboxylic acids is 1. The molecule has 1 aliphatic rings. The molecule has 2 rings (SSSR count). The van der Waals surface area contributed by atoms with Crippen LogP contribution >= 0.6 is 27.5 Å². The molecule has 0 radical (unpaired) electrons. The molecule has 0 bridgehead atoms. The molecule has 0 saturated heterocycles. The predicted molar refractivity (Wildman–Crippen MR) is 53.8 cm³/mol. The molecule has 1 amide bonds. The Bertz CT molecular complexity index is 540. The molecule has 74 valence electrons. The minimum Gasteiger partial charge on any atom is -0.268 e. The van der Waals surface area contributed by atoms with Crippen LogP contribution in [0, 0.1) is 0 Å². The van der Waals surface area contributed by atoms with Crippen molar-refractivity contribution in [1.29, 1.82) is 0 Å². The molecule has 14 heavy (non-hydrogen) atoms. The van der Waals surface area contributed by atoms with Crippen LogP contribution in [0.4, 0.5) is 0 Å². The third kappa shape index (κ3) is 1.34. The van der Waals surface area contributed by atoms with Gasteiger partial charge in [0.05, 0.1) is 10.6 Å². The van der Waals surface area contributed by atoms with Gasteiger partial charge in [0.1, 0.15) is 4.90 Å². The number of benzene rings is 1. The number of sulfonamides is 1. The SMILES string of the molecule is O=C1NS(=O)(=O)c2cc(Br)c(Cl)cc21. The van der Waals surface area contributed by atoms with E-state index < -0.39 is 15.9 Å². The van der Waals surface area contributed by atoms with Crippen molar-refractivity contribution in [2.45, 2.75) is 4.90 Å². The highest BCUT2D eigenvalue weighted by molar-refractivity contribution is 9.10. The van der Waals surface area contributed by atoms with Crippen molar-refractivity contribution >= 4 is 43.5 Å². The number of nitrogens with one attached hydrogen (secondary N) is 1. The van der Waals surface area contributed by atoms with Gasteiger partial charge < -0.3 is 0 Å². The second-order valence-corrected chi connectivity index (χ2v) is 5.61. The van der Waals surface area contributed by atoms with Gasteiger partial charge in [-0.05, 0) is 28.1 Å². The highest BCUT2D eigenvalue weighted by atomic mass is 79.9. The summed E-state index contributed by atoms with van der Waals surface area (Å²) in [6.07, 6.45) is 0. The lowest BCUT2D eigenvalue weighted by Crippen LogP contribution is -2.20. The number of hydrogen-bond donors (Lipinski definition) is 1. The van der Waals surface area contributed by atoms with Crippen molar-refractivity contribution in [3.63, 3.8) is 0 Å². The fourth-order valence-corrected chi connectivity index (χ4v) is 3.00. The van der Waals surface area contributed by atoms with Crippen molar-refractivity contribution in [3.8, 4) is 0 Å². The molecule has 0 spiro atoms. The fraction of sp³-hybridized carbons (Fsp3) is 0. The van der Waals surface area contributed by atoms with Crippen molar-refractivity contribution in [1.82, 2.24) is 4.72 Å². The molecular formula is C7H3BrClNO3S. The highest BCUT2D eigenvalue weighted by Crippen LogP contribution is 2.31. The molecule has 1 aromatic rings. The molecule has 0 fully saturated rings. The Morgan fingerprint density at radius 3 is 2.64 bits per heavy atom. The maximum absolute atomic E-state index is 11.3. The molecule has 0 atom stereocenters. The van der Waals surface area contributed by atoms with E-state index >= 15 is 0 Å². The van der Waals surface area contributed by atoms with Crippen molar-refractivity contribution in [2.24, 2.45) is 0 Å². The first-order chi connectivity index (χ1) is 6.42. The van der Waals surface area contributed by atoms with Crippen LogP contribution < -0.4 is 4.72 Å². The lowest BCUT2D eigenvalue weighted by molar-refractivity contribution is 0.0985. The van der Waals surface area contributed by atoms with Crippen LogP contribution in [-0.2, 0) is 10.0 Å². The molecule has 4 nitrogen and oxygen atoms in total. The lowest BCUT2D eigenvalue weighted by Gasteiger charge is -1.98. The third-order valence-corrected chi connectivity index (χ3v) is 4.35. The van der Waals surface area contributed by atoms with E-state index in [9.17, 15) is 13.2 Å². The first-order valence-corrected chi connectivity index (χ1v) is 6.13. The van der Waals surface area contributed by atoms with Gasteiger partial charge in [-0.3, -0.25) is 4.79 Å². The van der Waals surface area contributed by atoms with Crippen molar-refractivity contribution in [3.05, 3.63) is 27.2 Å². The second kappa shape index (κ2) is 2.95. The van der Waals surface area contributed by atoms with Crippen LogP contribution in [0.5, 0.6) is 0 Å². The zero-order valence-corrected chi connectivity index (χ0v) is 9.70. The van der Waals surface area contributed by atoms with E-state index in [0.29, 0.717) is 9.50 Å². The molecule has 7 heteroatoms. The normalized spacial score (nSPS) is 17.7. The number of rotatable bonds is 0. The monoisotopic (exact) mass is 295 g/mol. The fourth-order valence-electron chi connectivity index (χ4n) is 1.16. The van der Waals surface area contributed by atoms with Gasteiger partial charge in [0.15, 0.2) is 0 Å². The maximum Gasteiger partial charge on any atom is 0.266 e. The van der Waals surface area contributed by atoms with Crippen molar-refractivity contribution in [2.75, 3.05) is 0 Å². The summed E-state index contributed by atoms with van der Waals surface area (Å²) in [7, 11) is -3.68. The first kappa shape index (κ1) is 9.95. The third-order valence-electron chi connectivity index (χ3n) is 1.78. The van der Waals surface area contributed by atoms with Gasteiger partial charge in [0.25, 0.3) is 15.9 Å². The minimum atomic E-state index is -3.68. The van der Waals surface area contributed by atoms with Crippen LogP contribution in [0.3, 0.4) is 0 Å². The lowest BCUT2D eigenvalue weighted by atomic mass is 10.2. The van der Waals surface area contributed by atoms with E-state index in [0.717, 1.165) is 0 Å². The number of amides is 1. The molecule has 0 unspecified atom stereocenters. The van der Waals surface area contributed by atoms with E-state index in [1.54, 1.807) is 0 Å². The van der Waals surface area contributed by atoms with Crippen LogP contribution in [0.1, 0.15) is 10.4 Å². The number of carbonyl (C=O) groups is 1. The van der Waals surface area contributed by atoms with Gasteiger partial charge in [-0.2, -0.15) is 0 Å². The molecule has 0 aromatic heterocycles. The number of halogens is 2. The van der Waals surface area contributed by atoms with Gasteiger partial charge in [-0.15, -0.1) is 0 Å². The van der Waals surface area contributed by atoms with Gasteiger partial charge in [-0.25, -0.2) is 13.1 Å². The average molecular weight is 297 g/mol. The Morgan fingerprint density at radius 2 is 2.00 bits per heavy atom. The summed E-state index contributed by atoms with van der Waals surface area (Å²) >= 11 is 8.81. The molecular weight excluding hydrogens is 294 g/mol. The van der Waals surface area contributed by atoms with E-state index in [-0.39, 0.29) is 10.5 Å². The number of hydrogen-bond acceptors (Lipinski definition) is 3. The van der Waals surface area contributed by atoms with E-state index in [1.165, 1.54) is 12.1 Å². The standard InChI is InChI=1S/C7H3BrClNO3S/c8-4-2-6-3(1-5(4)9)7(11)10-14(6,12)13/h1-2H,(H,10,11). The summed E-state index contributed by atoms with van der Waals surface area (Å²) in [5, 5.41) is 0.302. The molecule has 0 aliphatic carbocycles. The van der Waals surface area contributed by atoms with Crippen LogP contribution in [-0.4, -0.2) is 14.3 Å². The van der Waals surface area contributed by atoms with Crippen LogP contribution in [0.2, 0.25) is 5.02 Å². The van der Waals surface area contributed by atoms with Gasteiger partial charge in [0.2, 0.25) is 0 Å². The summed E-state index contributed by atoms with van der Waals surface area (Å²) in [6, 6.07) is 2.63. The molecule has 1 aliphatic heterocycles. The zero-order chi connectivity index (χ0) is 10.5. The van der Waals surface area contributed by atoms with Gasteiger partial charge in [0, 0.05) is 4.47 Å². The molecule has 1 heterocycles. The van der Waals surface area contributed by atoms with Gasteiger partial charge >= 0.3 is 0 Å². The first-order valence-electron chi connectivity index (χ1n) is 3.48. The zero-order valence-electron chi connectivity index (χ0n) is 6.54. The Labute approximate surface area is 93.4 Å². The quantitative estimate of drug-likeness (QED) is 0.790. The minimum absolute atomic E-state index is 0.0428. The van der Waals surface area contributed by atoms with Gasteiger partial charge in [-0.1, -0.05) is 11.6 Å². The second-order valence-electron chi connectivity index (χ2n) is 2.70. The largest absolute Gasteiger partial charge is 0.268 e. The maximum atomic E-state index is 11.3. The van der Waals surface area contributed by atoms with E-state index in [1.807, 2.05) is 4.72 Å². The van der Waals surface area contributed by atoms with E-state index in [4.69, 9.17) is 11.6 Å². The Morgan fingerprint density at radius 1 is 1.36 bits per heavy atom. The smallest absolute Gasteiger partial charge is 0.266 e. The Kier molecular flexibility index (Phi) is 2.09. The summed E-state index contributed by atoms with van der Waals surface area (Å²) in [4.78, 5) is 11.1. The summed E-state index contributed by atoms with van der Waals surface area (Å²) in [6.45, 7) is 0. The molecule has 1 N–H and O–H groups in total. The Hall–Kier alpha value is -0.590. The topological polar surface area (TPSA) is 63.2 Å². The molecule has 1 aromatic carbocycles. The Balaban J connectivity index is 2.83. The van der Waals surface area contributed by atoms with Crippen LogP contribution in [0.25, 0.3) is 0 Å².